The average molecular weight is 573 g/mol. The summed E-state index contributed by atoms with van der Waals surface area (Å²) in [6, 6.07) is 13.3. The molecule has 3 aliphatic rings. The van der Waals surface area contributed by atoms with Gasteiger partial charge in [0.1, 0.15) is 0 Å². The molecule has 6 rings (SSSR count). The van der Waals surface area contributed by atoms with Crippen LogP contribution in [0.25, 0.3) is 16.6 Å². The lowest BCUT2D eigenvalue weighted by atomic mass is 9.75. The molecule has 3 aromatic rings. The van der Waals surface area contributed by atoms with Gasteiger partial charge < -0.3 is 24.6 Å². The number of nitrogens with zero attached hydrogens (tertiary/aromatic N) is 6. The molecule has 1 aliphatic carbocycles. The van der Waals surface area contributed by atoms with E-state index in [9.17, 15) is 9.90 Å². The number of aliphatic hydroxyl groups is 1. The topological polar surface area (TPSA) is 85.9 Å². The van der Waals surface area contributed by atoms with Crippen LogP contribution in [0.5, 0.6) is 0 Å². The lowest BCUT2D eigenvalue weighted by Gasteiger charge is -2.43. The van der Waals surface area contributed by atoms with Crippen molar-refractivity contribution in [2.24, 2.45) is 16.8 Å². The molecule has 0 radical (unpaired) electrons. The summed E-state index contributed by atoms with van der Waals surface area (Å²) in [5.74, 6) is 0.938. The smallest absolute Gasteiger partial charge is 0.225 e. The number of anilines is 1. The molecule has 42 heavy (non-hydrogen) atoms. The minimum Gasteiger partial charge on any atom is -0.395 e. The number of fused-ring (bicyclic) bond motifs is 1. The molecule has 1 aromatic carbocycles. The van der Waals surface area contributed by atoms with Gasteiger partial charge in [-0.3, -0.25) is 9.69 Å². The molecular weight excluding hydrogens is 528 g/mol. The third-order valence-electron chi connectivity index (χ3n) is 9.93. The molecule has 2 saturated heterocycles. The fourth-order valence-electron chi connectivity index (χ4n) is 7.07. The summed E-state index contributed by atoms with van der Waals surface area (Å²) in [4.78, 5) is 23.9. The lowest BCUT2D eigenvalue weighted by Crippen LogP contribution is -2.52. The van der Waals surface area contributed by atoms with E-state index in [4.69, 9.17) is 4.74 Å². The van der Waals surface area contributed by atoms with Crippen molar-refractivity contribution >= 4 is 23.3 Å². The number of ether oxygens (including phenoxy) is 1. The number of hydrogen-bond donors (Lipinski definition) is 1. The van der Waals surface area contributed by atoms with Crippen LogP contribution in [0.2, 0.25) is 0 Å². The number of piperazine rings is 1. The molecule has 1 atom stereocenters. The van der Waals surface area contributed by atoms with Crippen LogP contribution >= 0.6 is 0 Å². The number of piperidine rings is 1. The van der Waals surface area contributed by atoms with Crippen LogP contribution in [-0.4, -0.2) is 103 Å². The molecule has 1 N–H and O–H groups in total. The Bertz CT molecular complexity index is 1400. The van der Waals surface area contributed by atoms with Crippen molar-refractivity contribution in [3.63, 3.8) is 0 Å². The Kier molecular flexibility index (Phi) is 8.34. The number of aliphatic hydroxyl groups excluding tert-OH is 1. The van der Waals surface area contributed by atoms with Gasteiger partial charge in [-0.2, -0.15) is 5.10 Å². The quantitative estimate of drug-likeness (QED) is 0.415. The van der Waals surface area contributed by atoms with Gasteiger partial charge in [0.05, 0.1) is 23.4 Å². The molecule has 9 heteroatoms. The first-order valence-corrected chi connectivity index (χ1v) is 15.4. The fraction of sp³-hybridized carbons (Fsp3) is 0.545. The van der Waals surface area contributed by atoms with Crippen molar-refractivity contribution in [2.45, 2.75) is 44.2 Å². The molecule has 0 bridgehead atoms. The summed E-state index contributed by atoms with van der Waals surface area (Å²) >= 11 is 0. The summed E-state index contributed by atoms with van der Waals surface area (Å²) < 4.78 is 8.09. The van der Waals surface area contributed by atoms with Crippen LogP contribution in [0.3, 0.4) is 0 Å². The molecule has 4 heterocycles. The molecule has 1 saturated carbocycles. The highest BCUT2D eigenvalue weighted by molar-refractivity contribution is 5.83. The number of likely N-dealkylation sites (tertiary alicyclic amines) is 1. The van der Waals surface area contributed by atoms with E-state index < -0.39 is 0 Å². The van der Waals surface area contributed by atoms with Crippen molar-refractivity contribution in [1.29, 1.82) is 0 Å². The zero-order valence-electron chi connectivity index (χ0n) is 25.2. The van der Waals surface area contributed by atoms with E-state index in [2.05, 4.69) is 69.4 Å². The number of rotatable bonds is 8. The Morgan fingerprint density at radius 2 is 1.81 bits per heavy atom. The first-order valence-electron chi connectivity index (χ1n) is 15.4. The number of aliphatic imine (C=N–C) groups is 1. The second-order valence-electron chi connectivity index (χ2n) is 12.3. The van der Waals surface area contributed by atoms with E-state index in [0.717, 1.165) is 87.3 Å². The van der Waals surface area contributed by atoms with Gasteiger partial charge in [0.2, 0.25) is 5.91 Å². The third-order valence-corrected chi connectivity index (χ3v) is 9.93. The first-order chi connectivity index (χ1) is 20.4. The van der Waals surface area contributed by atoms with E-state index in [0.29, 0.717) is 11.8 Å². The monoisotopic (exact) mass is 572 g/mol. The Morgan fingerprint density at radius 3 is 2.45 bits per heavy atom. The van der Waals surface area contributed by atoms with Crippen LogP contribution in [0.4, 0.5) is 5.69 Å². The van der Waals surface area contributed by atoms with Crippen molar-refractivity contribution in [3.05, 3.63) is 54.4 Å². The average Bonchev–Trinajstić information content (AvgIpc) is 3.47. The maximum absolute atomic E-state index is 13.0. The molecule has 9 nitrogen and oxygen atoms in total. The Morgan fingerprint density at radius 1 is 1.10 bits per heavy atom. The normalized spacial score (nSPS) is 23.8. The molecule has 1 amide bonds. The van der Waals surface area contributed by atoms with Crippen LogP contribution < -0.4 is 4.90 Å². The largest absolute Gasteiger partial charge is 0.395 e. The summed E-state index contributed by atoms with van der Waals surface area (Å²) in [5.41, 5.74) is 5.42. The second kappa shape index (κ2) is 12.1. The fourth-order valence-corrected chi connectivity index (χ4v) is 7.07. The predicted molar refractivity (Wildman–Crippen MR) is 166 cm³/mol. The summed E-state index contributed by atoms with van der Waals surface area (Å²) in [5, 5.41) is 14.2. The first kappa shape index (κ1) is 28.8. The van der Waals surface area contributed by atoms with Gasteiger partial charge in [0, 0.05) is 89.6 Å². The molecule has 3 fully saturated rings. The van der Waals surface area contributed by atoms with E-state index in [-0.39, 0.29) is 24.2 Å². The van der Waals surface area contributed by atoms with Crippen molar-refractivity contribution in [3.8, 4) is 11.1 Å². The van der Waals surface area contributed by atoms with E-state index in [1.54, 1.807) is 7.05 Å². The molecule has 224 valence electrons. The highest BCUT2D eigenvalue weighted by Crippen LogP contribution is 2.38. The van der Waals surface area contributed by atoms with Crippen LogP contribution in [0.15, 0.2) is 53.8 Å². The number of carbonyl (C=O) groups is 1. The maximum atomic E-state index is 13.0. The number of carbonyl (C=O) groups excluding carboxylic acids is 1. The van der Waals surface area contributed by atoms with Crippen LogP contribution in [0, 0.1) is 11.8 Å². The van der Waals surface area contributed by atoms with Gasteiger partial charge in [-0.25, -0.2) is 4.52 Å². The highest BCUT2D eigenvalue weighted by atomic mass is 16.5. The summed E-state index contributed by atoms with van der Waals surface area (Å²) in [7, 11) is 3.62. The third kappa shape index (κ3) is 5.45. The summed E-state index contributed by atoms with van der Waals surface area (Å²) in [6.07, 6.45) is 9.63. The van der Waals surface area contributed by atoms with Crippen LogP contribution in [0.1, 0.15) is 38.2 Å². The van der Waals surface area contributed by atoms with Crippen molar-refractivity contribution < 1.29 is 14.6 Å². The van der Waals surface area contributed by atoms with Gasteiger partial charge in [-0.05, 0) is 61.8 Å². The maximum Gasteiger partial charge on any atom is 0.225 e. The minimum atomic E-state index is -0.294. The van der Waals surface area contributed by atoms with Crippen molar-refractivity contribution in [2.75, 3.05) is 64.9 Å². The van der Waals surface area contributed by atoms with Gasteiger partial charge in [0.15, 0.2) is 0 Å². The minimum absolute atomic E-state index is 0.160. The van der Waals surface area contributed by atoms with E-state index >= 15 is 0 Å². The standard InChI is InChI=1S/C33H44N6O3/c1-24(23-40)36-12-9-33(42-3,10-13-36)29-6-4-26(5-7-29)28-20-31-30(8-11-35-39(31)22-28)37-14-16-38(17-15-37)32(41)27-18-25(19-27)21-34-2/h4-8,11,20-22,24-25,27,40H,9-10,12-19,23H2,1-3H3/t24-,25-,27-/m1/s1. The number of aromatic nitrogens is 2. The molecular formula is C33H44N6O3. The Labute approximate surface area is 248 Å². The van der Waals surface area contributed by atoms with Crippen molar-refractivity contribution in [1.82, 2.24) is 19.4 Å². The molecule has 2 aliphatic heterocycles. The molecule has 2 aromatic heterocycles. The lowest BCUT2D eigenvalue weighted by molar-refractivity contribution is -0.139. The SMILES string of the molecule is CN=C[C@H]1C[C@H](C(=O)N2CCN(c3ccnn4cc(-c5ccc(C6(OC)CCN([C@H](C)CO)CC6)cc5)cc34)CC2)C1. The number of methoxy groups -OCH3 is 1. The second-order valence-corrected chi connectivity index (χ2v) is 12.3. The van der Waals surface area contributed by atoms with E-state index in [1.807, 2.05) is 28.9 Å². The Hall–Kier alpha value is -3.27. The highest BCUT2D eigenvalue weighted by Gasteiger charge is 2.38. The van der Waals surface area contributed by atoms with Gasteiger partial charge in [-0.1, -0.05) is 24.3 Å². The Balaban J connectivity index is 1.13. The van der Waals surface area contributed by atoms with Crippen LogP contribution in [-0.2, 0) is 15.1 Å². The zero-order valence-corrected chi connectivity index (χ0v) is 25.2. The number of amides is 1. The van der Waals surface area contributed by atoms with Gasteiger partial charge in [0.25, 0.3) is 0 Å². The molecule has 0 unspecified atom stereocenters. The van der Waals surface area contributed by atoms with Gasteiger partial charge >= 0.3 is 0 Å². The zero-order chi connectivity index (χ0) is 29.3. The predicted octanol–water partition coefficient (Wildman–Crippen LogP) is 3.70. The molecule has 0 spiro atoms. The van der Waals surface area contributed by atoms with E-state index in [1.165, 1.54) is 5.56 Å². The summed E-state index contributed by atoms with van der Waals surface area (Å²) in [6.45, 7) is 7.23. The van der Waals surface area contributed by atoms with Gasteiger partial charge in [-0.15, -0.1) is 0 Å². The number of benzene rings is 1. The number of hydrogen-bond acceptors (Lipinski definition) is 7.